The number of benzene rings is 4. The Hall–Kier alpha value is -3.39. The minimum Gasteiger partial charge on any atom is -0.313 e. The zero-order valence-electron chi connectivity index (χ0n) is 16.5. The molecule has 4 aromatic carbocycles. The number of allylic oxidation sites excluding steroid dienone is 2. The quantitative estimate of drug-likeness (QED) is 0.214. The summed E-state index contributed by atoms with van der Waals surface area (Å²) in [5, 5.41) is 5.43. The van der Waals surface area contributed by atoms with E-state index in [0.29, 0.717) is 5.92 Å². The lowest BCUT2D eigenvalue weighted by molar-refractivity contribution is 0.690. The Morgan fingerprint density at radius 2 is 1.62 bits per heavy atom. The van der Waals surface area contributed by atoms with Crippen LogP contribution in [0.15, 0.2) is 72.8 Å². The highest BCUT2D eigenvalue weighted by atomic mass is 15.1. The van der Waals surface area contributed by atoms with Crippen LogP contribution in [0.5, 0.6) is 0 Å². The van der Waals surface area contributed by atoms with Crippen molar-refractivity contribution >= 4 is 32.6 Å². The average molecular weight is 372 g/mol. The van der Waals surface area contributed by atoms with Gasteiger partial charge in [-0.1, -0.05) is 67.6 Å². The predicted molar refractivity (Wildman–Crippen MR) is 121 cm³/mol. The van der Waals surface area contributed by atoms with Crippen LogP contribution in [0.3, 0.4) is 0 Å². The molecule has 0 spiro atoms. The monoisotopic (exact) mass is 372 g/mol. The van der Waals surface area contributed by atoms with Gasteiger partial charge in [0.15, 0.2) is 0 Å². The van der Waals surface area contributed by atoms with Gasteiger partial charge in [-0.2, -0.15) is 0 Å². The first-order chi connectivity index (χ1) is 14.2. The van der Waals surface area contributed by atoms with E-state index in [1.165, 1.54) is 49.3 Å². The molecule has 5 aromatic rings. The largest absolute Gasteiger partial charge is 0.313 e. The van der Waals surface area contributed by atoms with E-state index >= 15 is 0 Å². The second kappa shape index (κ2) is 5.15. The number of rotatable bonds is 0. The van der Waals surface area contributed by atoms with Crippen LogP contribution in [0.25, 0.3) is 44.0 Å². The van der Waals surface area contributed by atoms with Crippen molar-refractivity contribution in [1.82, 2.24) is 9.55 Å². The summed E-state index contributed by atoms with van der Waals surface area (Å²) in [4.78, 5) is 5.14. The Morgan fingerprint density at radius 1 is 0.828 bits per heavy atom. The SMILES string of the molecule is Cc1c2c3c4c(ccc3c3ccccc13)C(C)C=CC4n1c-2nc2ccccc21. The summed E-state index contributed by atoms with van der Waals surface area (Å²) in [6, 6.07) is 22.3. The normalized spacial score (nSPS) is 19.2. The predicted octanol–water partition coefficient (Wildman–Crippen LogP) is 6.89. The van der Waals surface area contributed by atoms with E-state index in [1.807, 2.05) is 0 Å². The van der Waals surface area contributed by atoms with Crippen molar-refractivity contribution in [3.05, 3.63) is 89.5 Å². The van der Waals surface area contributed by atoms with Crippen molar-refractivity contribution in [2.75, 3.05) is 0 Å². The van der Waals surface area contributed by atoms with Gasteiger partial charge in [-0.3, -0.25) is 0 Å². The molecule has 0 N–H and O–H groups in total. The maximum Gasteiger partial charge on any atom is 0.142 e. The molecule has 7 rings (SSSR count). The summed E-state index contributed by atoms with van der Waals surface area (Å²) in [7, 11) is 0. The number of aryl methyl sites for hydroxylation is 1. The fourth-order valence-electron chi connectivity index (χ4n) is 5.68. The van der Waals surface area contributed by atoms with E-state index in [2.05, 4.69) is 91.2 Å². The van der Waals surface area contributed by atoms with Crippen molar-refractivity contribution in [2.24, 2.45) is 0 Å². The Labute approximate surface area is 169 Å². The van der Waals surface area contributed by atoms with Crippen molar-refractivity contribution in [3.8, 4) is 11.4 Å². The van der Waals surface area contributed by atoms with Gasteiger partial charge in [-0.15, -0.1) is 0 Å². The number of hydrogen-bond acceptors (Lipinski definition) is 1. The molecule has 138 valence electrons. The molecule has 2 unspecified atom stereocenters. The molecule has 1 aromatic heterocycles. The van der Waals surface area contributed by atoms with E-state index in [1.54, 1.807) is 0 Å². The second-order valence-electron chi connectivity index (χ2n) is 8.45. The molecule has 0 bridgehead atoms. The van der Waals surface area contributed by atoms with Gasteiger partial charge in [0.1, 0.15) is 5.82 Å². The van der Waals surface area contributed by atoms with Gasteiger partial charge in [0.25, 0.3) is 0 Å². The highest BCUT2D eigenvalue weighted by Crippen LogP contribution is 2.51. The third kappa shape index (κ3) is 1.76. The molecular formula is C27H20N2. The van der Waals surface area contributed by atoms with Gasteiger partial charge in [-0.05, 0) is 63.2 Å². The molecule has 29 heavy (non-hydrogen) atoms. The van der Waals surface area contributed by atoms with E-state index < -0.39 is 0 Å². The van der Waals surface area contributed by atoms with Crippen molar-refractivity contribution in [2.45, 2.75) is 25.8 Å². The smallest absolute Gasteiger partial charge is 0.142 e. The van der Waals surface area contributed by atoms with Gasteiger partial charge in [0.05, 0.1) is 17.1 Å². The highest BCUT2D eigenvalue weighted by Gasteiger charge is 2.34. The van der Waals surface area contributed by atoms with Crippen LogP contribution in [-0.4, -0.2) is 9.55 Å². The number of fused-ring (bicyclic) bond motifs is 7. The fourth-order valence-corrected chi connectivity index (χ4v) is 5.68. The van der Waals surface area contributed by atoms with Crippen molar-refractivity contribution < 1.29 is 0 Å². The van der Waals surface area contributed by atoms with Crippen molar-refractivity contribution in [3.63, 3.8) is 0 Å². The van der Waals surface area contributed by atoms with Crippen LogP contribution in [-0.2, 0) is 0 Å². The minimum atomic E-state index is 0.209. The Bertz CT molecular complexity index is 1530. The summed E-state index contributed by atoms with van der Waals surface area (Å²) in [6.45, 7) is 4.57. The first kappa shape index (κ1) is 15.5. The molecule has 0 saturated heterocycles. The lowest BCUT2D eigenvalue weighted by Gasteiger charge is -2.34. The third-order valence-corrected chi connectivity index (χ3v) is 6.99. The number of aromatic nitrogens is 2. The summed E-state index contributed by atoms with van der Waals surface area (Å²) in [6.07, 6.45) is 4.74. The first-order valence-corrected chi connectivity index (χ1v) is 10.4. The summed E-state index contributed by atoms with van der Waals surface area (Å²) >= 11 is 0. The number of imidazole rings is 1. The van der Waals surface area contributed by atoms with E-state index in [9.17, 15) is 0 Å². The van der Waals surface area contributed by atoms with E-state index in [0.717, 1.165) is 11.3 Å². The maximum absolute atomic E-state index is 5.14. The van der Waals surface area contributed by atoms with Gasteiger partial charge in [0, 0.05) is 5.56 Å². The Morgan fingerprint density at radius 3 is 2.52 bits per heavy atom. The van der Waals surface area contributed by atoms with Crippen LogP contribution in [0, 0.1) is 6.92 Å². The molecule has 2 aliphatic rings. The zero-order valence-corrected chi connectivity index (χ0v) is 16.5. The van der Waals surface area contributed by atoms with Gasteiger partial charge in [0.2, 0.25) is 0 Å². The molecule has 0 amide bonds. The number of hydrogen-bond donors (Lipinski definition) is 0. The van der Waals surface area contributed by atoms with Crippen LogP contribution in [0.4, 0.5) is 0 Å². The maximum atomic E-state index is 5.14. The van der Waals surface area contributed by atoms with Crippen LogP contribution < -0.4 is 0 Å². The molecule has 2 nitrogen and oxygen atoms in total. The molecule has 2 atom stereocenters. The Balaban J connectivity index is 1.81. The second-order valence-corrected chi connectivity index (χ2v) is 8.45. The minimum absolute atomic E-state index is 0.209. The molecular weight excluding hydrogens is 352 g/mol. The highest BCUT2D eigenvalue weighted by molar-refractivity contribution is 6.18. The molecule has 1 aliphatic carbocycles. The summed E-state index contributed by atoms with van der Waals surface area (Å²) < 4.78 is 2.46. The molecule has 1 aliphatic heterocycles. The molecule has 0 radical (unpaired) electrons. The zero-order chi connectivity index (χ0) is 19.3. The van der Waals surface area contributed by atoms with E-state index in [-0.39, 0.29) is 6.04 Å². The lowest BCUT2D eigenvalue weighted by Crippen LogP contribution is -2.20. The first-order valence-electron chi connectivity index (χ1n) is 10.4. The Kier molecular flexibility index (Phi) is 2.76. The van der Waals surface area contributed by atoms with E-state index in [4.69, 9.17) is 4.98 Å². The van der Waals surface area contributed by atoms with Gasteiger partial charge >= 0.3 is 0 Å². The van der Waals surface area contributed by atoms with Gasteiger partial charge in [-0.25, -0.2) is 4.98 Å². The molecule has 2 heteroatoms. The summed E-state index contributed by atoms with van der Waals surface area (Å²) in [5.41, 5.74) is 7.85. The lowest BCUT2D eigenvalue weighted by atomic mass is 9.77. The average Bonchev–Trinajstić information content (AvgIpc) is 3.14. The van der Waals surface area contributed by atoms with Crippen LogP contribution >= 0.6 is 0 Å². The van der Waals surface area contributed by atoms with Crippen LogP contribution in [0.2, 0.25) is 0 Å². The third-order valence-electron chi connectivity index (χ3n) is 6.99. The number of nitrogens with zero attached hydrogens (tertiary/aromatic N) is 2. The molecule has 2 heterocycles. The molecule has 0 saturated carbocycles. The fraction of sp³-hybridized carbons (Fsp3) is 0.148. The molecule has 0 fully saturated rings. The topological polar surface area (TPSA) is 17.8 Å². The number of para-hydroxylation sites is 2. The van der Waals surface area contributed by atoms with Gasteiger partial charge < -0.3 is 4.57 Å². The standard InChI is InChI=1S/C27H20N2/c1-15-11-14-23-25-17(15)12-13-20-19-8-4-3-7-18(19)16(2)24(26(20)25)27-28-21-9-5-6-10-22(21)29(23)27/h3-15,23H,1-2H3. The summed E-state index contributed by atoms with van der Waals surface area (Å²) in [5.74, 6) is 1.54. The van der Waals surface area contributed by atoms with Crippen LogP contribution in [0.1, 0.15) is 35.6 Å². The van der Waals surface area contributed by atoms with Crippen molar-refractivity contribution in [1.29, 1.82) is 0 Å².